The van der Waals surface area contributed by atoms with Gasteiger partial charge in [-0.05, 0) is 42.5 Å². The van der Waals surface area contributed by atoms with Gasteiger partial charge in [-0.1, -0.05) is 15.9 Å². The molecule has 0 aliphatic carbocycles. The molecule has 0 fully saturated rings. The number of nitrogen functional groups attached to an aromatic ring is 1. The molecule has 0 amide bonds. The van der Waals surface area contributed by atoms with E-state index in [0.717, 1.165) is 4.47 Å². The second kappa shape index (κ2) is 5.35. The van der Waals surface area contributed by atoms with Gasteiger partial charge in [0.1, 0.15) is 11.5 Å². The summed E-state index contributed by atoms with van der Waals surface area (Å²) in [6.07, 6.45) is -2.63. The Morgan fingerprint density at radius 2 is 1.72 bits per heavy atom. The summed E-state index contributed by atoms with van der Waals surface area (Å²) in [5.74, 6) is 0.603. The molecule has 94 valence electrons. The van der Waals surface area contributed by atoms with E-state index in [9.17, 15) is 8.78 Å². The average molecular weight is 314 g/mol. The van der Waals surface area contributed by atoms with Crippen LogP contribution in [-0.2, 0) is 0 Å². The molecular formula is C13H10BrF2NO. The maximum absolute atomic E-state index is 12.8. The van der Waals surface area contributed by atoms with Crippen molar-refractivity contribution in [1.29, 1.82) is 0 Å². The predicted octanol–water partition coefficient (Wildman–Crippen LogP) is 4.76. The quantitative estimate of drug-likeness (QED) is 0.829. The highest BCUT2D eigenvalue weighted by Crippen LogP contribution is 2.34. The van der Waals surface area contributed by atoms with Gasteiger partial charge in [-0.25, -0.2) is 8.78 Å². The molecule has 2 N–H and O–H groups in total. The number of benzene rings is 2. The van der Waals surface area contributed by atoms with Crippen LogP contribution in [0.15, 0.2) is 46.9 Å². The van der Waals surface area contributed by atoms with E-state index < -0.39 is 6.43 Å². The van der Waals surface area contributed by atoms with Crippen LogP contribution >= 0.6 is 15.9 Å². The SMILES string of the molecule is Nc1ccc(Oc2ccc(Br)cc2)c(C(F)F)c1. The van der Waals surface area contributed by atoms with Gasteiger partial charge >= 0.3 is 0 Å². The maximum Gasteiger partial charge on any atom is 0.267 e. The number of ether oxygens (including phenoxy) is 1. The summed E-state index contributed by atoms with van der Waals surface area (Å²) in [6, 6.07) is 11.1. The van der Waals surface area contributed by atoms with Gasteiger partial charge in [0.05, 0.1) is 5.56 Å². The first-order valence-electron chi connectivity index (χ1n) is 5.17. The van der Waals surface area contributed by atoms with Gasteiger partial charge in [-0.3, -0.25) is 0 Å². The van der Waals surface area contributed by atoms with Crippen LogP contribution in [0.5, 0.6) is 11.5 Å². The Kier molecular flexibility index (Phi) is 3.81. The predicted molar refractivity (Wildman–Crippen MR) is 70.0 cm³/mol. The van der Waals surface area contributed by atoms with Crippen LogP contribution in [0.25, 0.3) is 0 Å². The van der Waals surface area contributed by atoms with Crippen LogP contribution < -0.4 is 10.5 Å². The highest BCUT2D eigenvalue weighted by molar-refractivity contribution is 9.10. The number of alkyl halides is 2. The first-order valence-corrected chi connectivity index (χ1v) is 5.96. The molecule has 0 aliphatic heterocycles. The molecule has 0 atom stereocenters. The molecule has 2 nitrogen and oxygen atoms in total. The first-order chi connectivity index (χ1) is 8.56. The number of hydrogen-bond acceptors (Lipinski definition) is 2. The molecule has 5 heteroatoms. The van der Waals surface area contributed by atoms with Gasteiger partial charge < -0.3 is 10.5 Å². The molecule has 0 unspecified atom stereocenters. The molecular weight excluding hydrogens is 304 g/mol. The zero-order valence-corrected chi connectivity index (χ0v) is 10.8. The van der Waals surface area contributed by atoms with E-state index in [2.05, 4.69) is 15.9 Å². The Morgan fingerprint density at radius 3 is 2.33 bits per heavy atom. The third kappa shape index (κ3) is 2.98. The number of hydrogen-bond donors (Lipinski definition) is 1. The summed E-state index contributed by atoms with van der Waals surface area (Å²) in [6.45, 7) is 0. The lowest BCUT2D eigenvalue weighted by Crippen LogP contribution is -1.95. The Labute approximate surface area is 112 Å². The van der Waals surface area contributed by atoms with Crippen molar-refractivity contribution in [3.63, 3.8) is 0 Å². The fourth-order valence-corrected chi connectivity index (χ4v) is 1.72. The molecule has 2 aromatic rings. The van der Waals surface area contributed by atoms with E-state index in [0.29, 0.717) is 5.75 Å². The third-order valence-corrected chi connectivity index (χ3v) is 2.84. The summed E-state index contributed by atoms with van der Waals surface area (Å²) in [5, 5.41) is 0. The smallest absolute Gasteiger partial charge is 0.267 e. The van der Waals surface area contributed by atoms with E-state index in [1.165, 1.54) is 18.2 Å². The van der Waals surface area contributed by atoms with Crippen molar-refractivity contribution >= 4 is 21.6 Å². The van der Waals surface area contributed by atoms with Crippen LogP contribution in [-0.4, -0.2) is 0 Å². The van der Waals surface area contributed by atoms with Crippen molar-refractivity contribution in [3.8, 4) is 11.5 Å². The molecule has 0 spiro atoms. The van der Waals surface area contributed by atoms with E-state index in [1.54, 1.807) is 24.3 Å². The highest BCUT2D eigenvalue weighted by Gasteiger charge is 2.15. The molecule has 0 bridgehead atoms. The van der Waals surface area contributed by atoms with Crippen molar-refractivity contribution in [2.75, 3.05) is 5.73 Å². The Morgan fingerprint density at radius 1 is 1.06 bits per heavy atom. The maximum atomic E-state index is 12.8. The molecule has 0 aliphatic rings. The number of rotatable bonds is 3. The van der Waals surface area contributed by atoms with Crippen LogP contribution in [0, 0.1) is 0 Å². The van der Waals surface area contributed by atoms with Gasteiger partial charge in [0.2, 0.25) is 0 Å². The van der Waals surface area contributed by atoms with E-state index in [-0.39, 0.29) is 17.0 Å². The second-order valence-corrected chi connectivity index (χ2v) is 4.57. The minimum absolute atomic E-state index is 0.113. The molecule has 0 saturated heterocycles. The molecule has 0 heterocycles. The lowest BCUT2D eigenvalue weighted by atomic mass is 10.2. The number of anilines is 1. The van der Waals surface area contributed by atoms with Gasteiger partial charge in [-0.2, -0.15) is 0 Å². The summed E-state index contributed by atoms with van der Waals surface area (Å²) >= 11 is 3.29. The molecule has 2 rings (SSSR count). The Hall–Kier alpha value is -1.62. The zero-order valence-electron chi connectivity index (χ0n) is 9.24. The number of halogens is 3. The number of nitrogens with two attached hydrogens (primary N) is 1. The first kappa shape index (κ1) is 12.8. The third-order valence-electron chi connectivity index (χ3n) is 2.31. The summed E-state index contributed by atoms with van der Waals surface area (Å²) < 4.78 is 32.0. The van der Waals surface area contributed by atoms with Crippen molar-refractivity contribution in [1.82, 2.24) is 0 Å². The van der Waals surface area contributed by atoms with Crippen LogP contribution in [0.4, 0.5) is 14.5 Å². The van der Waals surface area contributed by atoms with Crippen LogP contribution in [0.2, 0.25) is 0 Å². The van der Waals surface area contributed by atoms with Crippen molar-refractivity contribution in [2.24, 2.45) is 0 Å². The highest BCUT2D eigenvalue weighted by atomic mass is 79.9. The van der Waals surface area contributed by atoms with E-state index in [4.69, 9.17) is 10.5 Å². The fourth-order valence-electron chi connectivity index (χ4n) is 1.46. The van der Waals surface area contributed by atoms with E-state index >= 15 is 0 Å². The van der Waals surface area contributed by atoms with Crippen molar-refractivity contribution in [2.45, 2.75) is 6.43 Å². The van der Waals surface area contributed by atoms with Gasteiger partial charge in [0, 0.05) is 10.2 Å². The van der Waals surface area contributed by atoms with Crippen LogP contribution in [0.3, 0.4) is 0 Å². The molecule has 2 aromatic carbocycles. The molecule has 0 saturated carbocycles. The molecule has 0 aromatic heterocycles. The van der Waals surface area contributed by atoms with Crippen molar-refractivity contribution in [3.05, 3.63) is 52.5 Å². The second-order valence-electron chi connectivity index (χ2n) is 3.65. The largest absolute Gasteiger partial charge is 0.457 e. The molecule has 0 radical (unpaired) electrons. The lowest BCUT2D eigenvalue weighted by molar-refractivity contribution is 0.148. The Balaban J connectivity index is 2.31. The average Bonchev–Trinajstić information content (AvgIpc) is 2.34. The summed E-state index contributed by atoms with van der Waals surface area (Å²) in [7, 11) is 0. The summed E-state index contributed by atoms with van der Waals surface area (Å²) in [4.78, 5) is 0. The zero-order chi connectivity index (χ0) is 13.1. The molecule has 18 heavy (non-hydrogen) atoms. The standard InChI is InChI=1S/C13H10BrF2NO/c14-8-1-4-10(5-2-8)18-12-6-3-9(17)7-11(12)13(15)16/h1-7,13H,17H2. The fraction of sp³-hybridized carbons (Fsp3) is 0.0769. The lowest BCUT2D eigenvalue weighted by Gasteiger charge is -2.11. The summed E-state index contributed by atoms with van der Waals surface area (Å²) in [5.41, 5.74) is 5.56. The minimum atomic E-state index is -2.63. The topological polar surface area (TPSA) is 35.2 Å². The monoisotopic (exact) mass is 313 g/mol. The Bertz CT molecular complexity index is 543. The van der Waals surface area contributed by atoms with Crippen molar-refractivity contribution < 1.29 is 13.5 Å². The minimum Gasteiger partial charge on any atom is -0.457 e. The normalized spacial score (nSPS) is 10.7. The van der Waals surface area contributed by atoms with Gasteiger partial charge in [0.25, 0.3) is 6.43 Å². The van der Waals surface area contributed by atoms with Gasteiger partial charge in [-0.15, -0.1) is 0 Å². The van der Waals surface area contributed by atoms with Crippen LogP contribution in [0.1, 0.15) is 12.0 Å². The van der Waals surface area contributed by atoms with Gasteiger partial charge in [0.15, 0.2) is 0 Å². The van der Waals surface area contributed by atoms with E-state index in [1.807, 2.05) is 0 Å².